The lowest BCUT2D eigenvalue weighted by molar-refractivity contribution is -0.148. The molecule has 0 unspecified atom stereocenters. The Labute approximate surface area is 115 Å². The quantitative estimate of drug-likeness (QED) is 0.577. The second-order valence-corrected chi connectivity index (χ2v) is 5.21. The average Bonchev–Trinajstić information content (AvgIpc) is 2.99. The van der Waals surface area contributed by atoms with E-state index in [1.165, 1.54) is 0 Å². The molecule has 0 radical (unpaired) electrons. The van der Waals surface area contributed by atoms with Crippen molar-refractivity contribution in [1.82, 2.24) is 15.5 Å². The Morgan fingerprint density at radius 2 is 1.95 bits per heavy atom. The van der Waals surface area contributed by atoms with Crippen LogP contribution in [-0.2, 0) is 14.4 Å². The van der Waals surface area contributed by atoms with E-state index in [2.05, 4.69) is 10.6 Å². The van der Waals surface area contributed by atoms with Gasteiger partial charge in [-0.2, -0.15) is 0 Å². The van der Waals surface area contributed by atoms with Crippen molar-refractivity contribution >= 4 is 23.8 Å². The maximum atomic E-state index is 11.7. The van der Waals surface area contributed by atoms with Crippen LogP contribution < -0.4 is 10.6 Å². The van der Waals surface area contributed by atoms with Gasteiger partial charge in [0.2, 0.25) is 5.91 Å². The van der Waals surface area contributed by atoms with Crippen LogP contribution in [0.3, 0.4) is 0 Å². The first-order valence-electron chi connectivity index (χ1n) is 6.53. The van der Waals surface area contributed by atoms with Crippen LogP contribution in [-0.4, -0.2) is 53.5 Å². The molecular formula is C12H17N3O5. The van der Waals surface area contributed by atoms with E-state index < -0.39 is 29.2 Å². The van der Waals surface area contributed by atoms with Gasteiger partial charge in [-0.05, 0) is 12.8 Å². The highest BCUT2D eigenvalue weighted by molar-refractivity contribution is 6.04. The second-order valence-electron chi connectivity index (χ2n) is 5.21. The third kappa shape index (κ3) is 2.73. The molecule has 2 aliphatic rings. The zero-order valence-corrected chi connectivity index (χ0v) is 11.0. The summed E-state index contributed by atoms with van der Waals surface area (Å²) in [6.07, 6.45) is 2.72. The number of nitrogens with zero attached hydrogens (tertiary/aromatic N) is 1. The topological polar surface area (TPSA) is 116 Å². The first kappa shape index (κ1) is 14.3. The van der Waals surface area contributed by atoms with Gasteiger partial charge in [0.25, 0.3) is 5.91 Å². The number of aliphatic carboxylic acids is 1. The monoisotopic (exact) mass is 283 g/mol. The predicted molar refractivity (Wildman–Crippen MR) is 66.7 cm³/mol. The van der Waals surface area contributed by atoms with E-state index in [4.69, 9.17) is 0 Å². The van der Waals surface area contributed by atoms with Gasteiger partial charge in [-0.15, -0.1) is 0 Å². The Morgan fingerprint density at radius 3 is 2.45 bits per heavy atom. The van der Waals surface area contributed by atoms with E-state index in [0.717, 1.165) is 17.7 Å². The number of carbonyl (C=O) groups excluding carboxylic acids is 3. The molecule has 20 heavy (non-hydrogen) atoms. The maximum absolute atomic E-state index is 11.7. The summed E-state index contributed by atoms with van der Waals surface area (Å²) in [4.78, 5) is 46.4. The molecule has 0 spiro atoms. The molecule has 1 saturated carbocycles. The molecular weight excluding hydrogens is 266 g/mol. The van der Waals surface area contributed by atoms with Gasteiger partial charge in [0.15, 0.2) is 0 Å². The molecule has 2 rings (SSSR count). The first-order chi connectivity index (χ1) is 9.44. The van der Waals surface area contributed by atoms with Crippen LogP contribution in [0, 0.1) is 5.41 Å². The number of nitrogens with one attached hydrogen (secondary N) is 2. The highest BCUT2D eigenvalue weighted by Crippen LogP contribution is 2.37. The van der Waals surface area contributed by atoms with Crippen molar-refractivity contribution in [3.05, 3.63) is 0 Å². The van der Waals surface area contributed by atoms with Gasteiger partial charge in [0, 0.05) is 6.54 Å². The lowest BCUT2D eigenvalue weighted by atomic mass is 9.86. The summed E-state index contributed by atoms with van der Waals surface area (Å²) in [6, 6.07) is -0.598. The van der Waals surface area contributed by atoms with Crippen molar-refractivity contribution in [3.63, 3.8) is 0 Å². The molecule has 8 nitrogen and oxygen atoms in total. The summed E-state index contributed by atoms with van der Waals surface area (Å²) in [5.74, 6) is -1.90. The summed E-state index contributed by atoms with van der Waals surface area (Å²) >= 11 is 0. The molecule has 0 aromatic rings. The SMILES string of the molecule is O=C(CN1C(=O)CNC1=O)NCC1(C(=O)O)CCCC1. The molecule has 0 bridgehead atoms. The standard InChI is InChI=1S/C12H17N3O5/c16-8(6-15-9(17)5-13-11(15)20)14-7-12(10(18)19)3-1-2-4-12/h1-7H2,(H,13,20)(H,14,16)(H,18,19). The van der Waals surface area contributed by atoms with Gasteiger partial charge in [0.1, 0.15) is 6.54 Å². The van der Waals surface area contributed by atoms with Crippen molar-refractivity contribution in [2.45, 2.75) is 25.7 Å². The summed E-state index contributed by atoms with van der Waals surface area (Å²) < 4.78 is 0. The molecule has 1 aliphatic heterocycles. The number of hydrogen-bond donors (Lipinski definition) is 3. The van der Waals surface area contributed by atoms with Gasteiger partial charge in [-0.1, -0.05) is 12.8 Å². The zero-order chi connectivity index (χ0) is 14.8. The second kappa shape index (κ2) is 5.48. The van der Waals surface area contributed by atoms with Crippen LogP contribution in [0.2, 0.25) is 0 Å². The van der Waals surface area contributed by atoms with Crippen LogP contribution in [0.4, 0.5) is 4.79 Å². The summed E-state index contributed by atoms with van der Waals surface area (Å²) in [5.41, 5.74) is -0.910. The Bertz CT molecular complexity index is 440. The Kier molecular flexibility index (Phi) is 3.91. The lowest BCUT2D eigenvalue weighted by Gasteiger charge is -2.24. The van der Waals surface area contributed by atoms with E-state index in [-0.39, 0.29) is 19.6 Å². The Morgan fingerprint density at radius 1 is 1.30 bits per heavy atom. The van der Waals surface area contributed by atoms with Crippen LogP contribution in [0.1, 0.15) is 25.7 Å². The van der Waals surface area contributed by atoms with Gasteiger partial charge in [-0.25, -0.2) is 4.79 Å². The third-order valence-corrected chi connectivity index (χ3v) is 3.88. The Hall–Kier alpha value is -2.12. The maximum Gasteiger partial charge on any atom is 0.325 e. The van der Waals surface area contributed by atoms with Gasteiger partial charge < -0.3 is 15.7 Å². The number of carbonyl (C=O) groups is 4. The molecule has 1 saturated heterocycles. The minimum atomic E-state index is -0.912. The van der Waals surface area contributed by atoms with Crippen LogP contribution in [0.25, 0.3) is 0 Å². The van der Waals surface area contributed by atoms with Gasteiger partial charge in [0.05, 0.1) is 12.0 Å². The number of carboxylic acid groups (broad SMARTS) is 1. The molecule has 0 atom stereocenters. The predicted octanol–water partition coefficient (Wildman–Crippen LogP) is -0.701. The Balaban J connectivity index is 1.87. The van der Waals surface area contributed by atoms with Crippen molar-refractivity contribution in [2.75, 3.05) is 19.6 Å². The summed E-state index contributed by atoms with van der Waals surface area (Å²) in [5, 5.41) is 14.1. The van der Waals surface area contributed by atoms with E-state index in [9.17, 15) is 24.3 Å². The normalized spacial score (nSPS) is 20.9. The molecule has 1 heterocycles. The van der Waals surface area contributed by atoms with E-state index in [1.54, 1.807) is 0 Å². The van der Waals surface area contributed by atoms with Gasteiger partial charge in [-0.3, -0.25) is 19.3 Å². The first-order valence-corrected chi connectivity index (χ1v) is 6.53. The average molecular weight is 283 g/mol. The van der Waals surface area contributed by atoms with E-state index >= 15 is 0 Å². The minimum absolute atomic E-state index is 0.0326. The van der Waals surface area contributed by atoms with Crippen molar-refractivity contribution < 1.29 is 24.3 Å². The molecule has 3 N–H and O–H groups in total. The zero-order valence-electron chi connectivity index (χ0n) is 11.0. The largest absolute Gasteiger partial charge is 0.481 e. The van der Waals surface area contributed by atoms with Crippen molar-refractivity contribution in [1.29, 1.82) is 0 Å². The summed E-state index contributed by atoms with van der Waals surface area (Å²) in [7, 11) is 0. The lowest BCUT2D eigenvalue weighted by Crippen LogP contribution is -2.46. The number of urea groups is 1. The number of amides is 4. The van der Waals surface area contributed by atoms with Gasteiger partial charge >= 0.3 is 12.0 Å². The number of hydrogen-bond acceptors (Lipinski definition) is 4. The fraction of sp³-hybridized carbons (Fsp3) is 0.667. The minimum Gasteiger partial charge on any atom is -0.481 e. The molecule has 1 aliphatic carbocycles. The van der Waals surface area contributed by atoms with Crippen LogP contribution in [0.15, 0.2) is 0 Å². The number of imide groups is 1. The highest BCUT2D eigenvalue weighted by Gasteiger charge is 2.41. The molecule has 8 heteroatoms. The van der Waals surface area contributed by atoms with Crippen LogP contribution in [0.5, 0.6) is 0 Å². The summed E-state index contributed by atoms with van der Waals surface area (Å²) in [6.45, 7) is -0.448. The van der Waals surface area contributed by atoms with Crippen molar-refractivity contribution in [2.24, 2.45) is 5.41 Å². The fourth-order valence-corrected chi connectivity index (χ4v) is 2.60. The van der Waals surface area contributed by atoms with E-state index in [0.29, 0.717) is 12.8 Å². The van der Waals surface area contributed by atoms with E-state index in [1.807, 2.05) is 0 Å². The highest BCUT2D eigenvalue weighted by atomic mass is 16.4. The molecule has 4 amide bonds. The fourth-order valence-electron chi connectivity index (χ4n) is 2.60. The molecule has 110 valence electrons. The van der Waals surface area contributed by atoms with Crippen molar-refractivity contribution in [3.8, 4) is 0 Å². The smallest absolute Gasteiger partial charge is 0.325 e. The van der Waals surface area contributed by atoms with Crippen LogP contribution >= 0.6 is 0 Å². The number of carboxylic acids is 1. The molecule has 0 aromatic carbocycles. The molecule has 2 fully saturated rings. The third-order valence-electron chi connectivity index (χ3n) is 3.88. The number of rotatable bonds is 5. The molecule has 0 aromatic heterocycles.